The molecule has 0 bridgehead atoms. The molecule has 2 aliphatic carbocycles. The van der Waals surface area contributed by atoms with E-state index in [2.05, 4.69) is 33.1 Å². The van der Waals surface area contributed by atoms with Crippen molar-refractivity contribution >= 4 is 69.8 Å². The molecular weight excluding hydrogens is 623 g/mol. The molecule has 2 aliphatic rings. The number of pyridine rings is 2. The molecule has 0 atom stereocenters. The summed E-state index contributed by atoms with van der Waals surface area (Å²) in [6, 6.07) is 18.9. The molecule has 0 radical (unpaired) electrons. The lowest BCUT2D eigenvalue weighted by Gasteiger charge is -2.17. The van der Waals surface area contributed by atoms with Gasteiger partial charge in [-0.05, 0) is 134 Å². The number of nitrogens with one attached hydrogen (secondary N) is 2. The fourth-order valence-electron chi connectivity index (χ4n) is 5.52. The van der Waals surface area contributed by atoms with E-state index >= 15 is 0 Å². The molecule has 0 amide bonds. The van der Waals surface area contributed by atoms with Crippen molar-refractivity contribution in [1.82, 2.24) is 9.97 Å². The lowest BCUT2D eigenvalue weighted by atomic mass is 9.90. The predicted molar refractivity (Wildman–Crippen MR) is 182 cm³/mol. The topological polar surface area (TPSA) is 102 Å². The summed E-state index contributed by atoms with van der Waals surface area (Å²) in [7, 11) is 0. The second-order valence-electron chi connectivity index (χ2n) is 11.2. The van der Waals surface area contributed by atoms with Gasteiger partial charge in [0.1, 0.15) is 0 Å². The first-order chi connectivity index (χ1) is 22.2. The van der Waals surface area contributed by atoms with Gasteiger partial charge in [-0.3, -0.25) is 9.97 Å². The third kappa shape index (κ3) is 7.65. The summed E-state index contributed by atoms with van der Waals surface area (Å²) in [5.41, 5.74) is 16.2. The van der Waals surface area contributed by atoms with Crippen LogP contribution in [0.5, 0.6) is 0 Å². The Labute approximate surface area is 276 Å². The Morgan fingerprint density at radius 2 is 1.09 bits per heavy atom. The molecule has 2 aromatic heterocycles. The summed E-state index contributed by atoms with van der Waals surface area (Å²) in [6.45, 7) is 3.73. The Bertz CT molecular complexity index is 1810. The maximum atomic E-state index is 12.3. The summed E-state index contributed by atoms with van der Waals surface area (Å²) in [5, 5.41) is 1.37. The number of carbonyl (C=O) groups is 2. The fraction of sp³-hybridized carbons (Fsp3) is 0.167. The highest BCUT2D eigenvalue weighted by atomic mass is 35.5. The number of rotatable bonds is 8. The van der Waals surface area contributed by atoms with Gasteiger partial charge in [0.25, 0.3) is 0 Å². The number of anilines is 2. The molecule has 0 fully saturated rings. The van der Waals surface area contributed by atoms with Crippen molar-refractivity contribution in [3.05, 3.63) is 128 Å². The smallest absolute Gasteiger partial charge is 0.339 e. The quantitative estimate of drug-likeness (QED) is 0.145. The van der Waals surface area contributed by atoms with Gasteiger partial charge in [0, 0.05) is 33.6 Å². The Kier molecular flexibility index (Phi) is 9.19. The van der Waals surface area contributed by atoms with Crippen LogP contribution in [0, 0.1) is 13.8 Å². The first-order valence-electron chi connectivity index (χ1n) is 14.8. The Hall–Kier alpha value is -4.92. The van der Waals surface area contributed by atoms with Gasteiger partial charge in [-0.25, -0.2) is 20.5 Å². The van der Waals surface area contributed by atoms with Crippen LogP contribution in [0.1, 0.15) is 57.9 Å². The van der Waals surface area contributed by atoms with E-state index in [1.165, 1.54) is 11.1 Å². The minimum Gasteiger partial charge on any atom is -0.339 e. The van der Waals surface area contributed by atoms with E-state index in [-0.39, 0.29) is 0 Å². The van der Waals surface area contributed by atoms with Crippen LogP contribution in [0.25, 0.3) is 23.3 Å². The molecule has 232 valence electrons. The Morgan fingerprint density at radius 3 is 1.52 bits per heavy atom. The van der Waals surface area contributed by atoms with Crippen molar-refractivity contribution in [2.24, 2.45) is 0 Å². The zero-order valence-corrected chi connectivity index (χ0v) is 26.7. The molecule has 0 saturated heterocycles. The number of halogens is 2. The first-order valence-corrected chi connectivity index (χ1v) is 15.5. The SMILES string of the molecule is Cc1cc(NOC(=O)/C=C/C(=O)ONc2cc(C)nc(C3=Cc4cc(Cl)ccc4CC3)c2)cc(C2=Cc3cc(Cl)ccc3CC2)n1. The van der Waals surface area contributed by atoms with Crippen LogP contribution in [-0.4, -0.2) is 21.9 Å². The van der Waals surface area contributed by atoms with Crippen LogP contribution in [0.3, 0.4) is 0 Å². The van der Waals surface area contributed by atoms with Crippen molar-refractivity contribution in [1.29, 1.82) is 0 Å². The second-order valence-corrected chi connectivity index (χ2v) is 12.0. The zero-order valence-electron chi connectivity index (χ0n) is 25.2. The average molecular weight is 654 g/mol. The number of aryl methyl sites for hydroxylation is 4. The van der Waals surface area contributed by atoms with Gasteiger partial charge in [0.2, 0.25) is 0 Å². The van der Waals surface area contributed by atoms with E-state index in [1.807, 2.05) is 62.4 Å². The van der Waals surface area contributed by atoms with Gasteiger partial charge in [0.15, 0.2) is 0 Å². The lowest BCUT2D eigenvalue weighted by molar-refractivity contribution is -0.137. The van der Waals surface area contributed by atoms with Crippen molar-refractivity contribution in [3.8, 4) is 0 Å². The fourth-order valence-corrected chi connectivity index (χ4v) is 5.89. The molecule has 0 spiro atoms. The summed E-state index contributed by atoms with van der Waals surface area (Å²) in [4.78, 5) is 44.3. The lowest BCUT2D eigenvalue weighted by Crippen LogP contribution is -2.12. The molecule has 8 nitrogen and oxygen atoms in total. The molecule has 2 aromatic carbocycles. The van der Waals surface area contributed by atoms with Crippen LogP contribution in [0.15, 0.2) is 72.8 Å². The summed E-state index contributed by atoms with van der Waals surface area (Å²) >= 11 is 12.4. The highest BCUT2D eigenvalue weighted by Crippen LogP contribution is 2.33. The summed E-state index contributed by atoms with van der Waals surface area (Å²) in [6.07, 6.45) is 9.54. The van der Waals surface area contributed by atoms with Crippen molar-refractivity contribution in [3.63, 3.8) is 0 Å². The third-order valence-corrected chi connectivity index (χ3v) is 8.13. The van der Waals surface area contributed by atoms with Crippen LogP contribution in [0.2, 0.25) is 10.0 Å². The molecule has 4 aromatic rings. The zero-order chi connectivity index (χ0) is 32.2. The summed E-state index contributed by atoms with van der Waals surface area (Å²) < 4.78 is 0. The van der Waals surface area contributed by atoms with Crippen LogP contribution < -0.4 is 11.0 Å². The van der Waals surface area contributed by atoms with Gasteiger partial charge >= 0.3 is 11.9 Å². The second kappa shape index (κ2) is 13.6. The number of carbonyl (C=O) groups excluding carboxylic acids is 2. The highest BCUT2D eigenvalue weighted by molar-refractivity contribution is 6.31. The molecule has 10 heteroatoms. The van der Waals surface area contributed by atoms with Gasteiger partial charge < -0.3 is 9.68 Å². The minimum absolute atomic E-state index is 0.551. The van der Waals surface area contributed by atoms with Gasteiger partial charge in [-0.15, -0.1) is 0 Å². The first kappa shape index (κ1) is 31.1. The average Bonchev–Trinajstić information content (AvgIpc) is 3.04. The largest absolute Gasteiger partial charge is 0.355 e. The van der Waals surface area contributed by atoms with Crippen LogP contribution >= 0.6 is 23.2 Å². The normalized spacial score (nSPS) is 13.7. The molecule has 6 rings (SSSR count). The molecule has 46 heavy (non-hydrogen) atoms. The number of aromatic nitrogens is 2. The van der Waals surface area contributed by atoms with E-state index in [0.717, 1.165) is 82.9 Å². The predicted octanol–water partition coefficient (Wildman–Crippen LogP) is 8.37. The molecule has 2 heterocycles. The number of hydrogen-bond acceptors (Lipinski definition) is 8. The van der Waals surface area contributed by atoms with E-state index < -0.39 is 11.9 Å². The third-order valence-electron chi connectivity index (χ3n) is 7.66. The van der Waals surface area contributed by atoms with Gasteiger partial charge in [-0.1, -0.05) is 35.3 Å². The number of nitrogens with zero attached hydrogens (tertiary/aromatic N) is 2. The molecular formula is C36H30Cl2N4O4. The number of allylic oxidation sites excluding steroid dienone is 2. The number of benzene rings is 2. The Balaban J connectivity index is 1.04. The van der Waals surface area contributed by atoms with Crippen LogP contribution in [0.4, 0.5) is 11.4 Å². The van der Waals surface area contributed by atoms with E-state index in [9.17, 15) is 9.59 Å². The summed E-state index contributed by atoms with van der Waals surface area (Å²) in [5.74, 6) is -1.56. The minimum atomic E-state index is -0.778. The van der Waals surface area contributed by atoms with E-state index in [1.54, 1.807) is 12.1 Å². The van der Waals surface area contributed by atoms with Gasteiger partial charge in [-0.2, -0.15) is 0 Å². The standard InChI is InChI=1S/C36H30Cl2N4O4/c1-21-13-31(19-33(39-21)25-5-3-23-7-9-29(37)17-27(23)15-25)41-45-35(43)11-12-36(44)46-42-32-14-22(2)40-34(20-32)26-6-4-24-8-10-30(38)18-28(24)16-26/h7-20H,3-6H2,1-2H3,(H,39,41)(H,40,42)/b12-11+. The molecule has 0 aliphatic heterocycles. The Morgan fingerprint density at radius 1 is 0.652 bits per heavy atom. The molecule has 0 saturated carbocycles. The number of hydrogen-bond donors (Lipinski definition) is 2. The van der Waals surface area contributed by atoms with Crippen molar-refractivity contribution < 1.29 is 19.3 Å². The van der Waals surface area contributed by atoms with Gasteiger partial charge in [0.05, 0.1) is 22.8 Å². The van der Waals surface area contributed by atoms with Crippen molar-refractivity contribution in [2.75, 3.05) is 11.0 Å². The number of fused-ring (bicyclic) bond motifs is 2. The van der Waals surface area contributed by atoms with Crippen molar-refractivity contribution in [2.45, 2.75) is 39.5 Å². The van der Waals surface area contributed by atoms with Crippen LogP contribution in [-0.2, 0) is 32.1 Å². The highest BCUT2D eigenvalue weighted by Gasteiger charge is 2.16. The maximum Gasteiger partial charge on any atom is 0.355 e. The molecule has 2 N–H and O–H groups in total. The van der Waals surface area contributed by atoms with E-state index in [4.69, 9.17) is 32.9 Å². The maximum absolute atomic E-state index is 12.3. The van der Waals surface area contributed by atoms with E-state index in [0.29, 0.717) is 21.4 Å². The molecule has 0 unspecified atom stereocenters. The monoisotopic (exact) mass is 652 g/mol.